The Kier molecular flexibility index (Phi) is 9.28. The van der Waals surface area contributed by atoms with E-state index in [-0.39, 0.29) is 35.5 Å². The molecule has 212 valence electrons. The first-order valence-electron chi connectivity index (χ1n) is 13.7. The van der Waals surface area contributed by atoms with Gasteiger partial charge in [-0.3, -0.25) is 19.2 Å². The van der Waals surface area contributed by atoms with Crippen LogP contribution in [0.1, 0.15) is 69.4 Å². The van der Waals surface area contributed by atoms with Gasteiger partial charge in [0, 0.05) is 28.8 Å². The molecule has 4 aromatic rings. The van der Waals surface area contributed by atoms with Crippen LogP contribution in [0.25, 0.3) is 16.7 Å². The van der Waals surface area contributed by atoms with E-state index in [4.69, 9.17) is 5.11 Å². The monoisotopic (exact) mass is 559 g/mol. The van der Waals surface area contributed by atoms with Crippen LogP contribution in [0, 0.1) is 0 Å². The van der Waals surface area contributed by atoms with Crippen molar-refractivity contribution in [2.45, 2.75) is 32.6 Å². The van der Waals surface area contributed by atoms with Crippen molar-refractivity contribution in [1.29, 1.82) is 0 Å². The van der Waals surface area contributed by atoms with Crippen molar-refractivity contribution in [3.8, 4) is 11.1 Å². The highest BCUT2D eigenvalue weighted by atomic mass is 16.4. The van der Waals surface area contributed by atoms with Gasteiger partial charge in [-0.05, 0) is 45.9 Å². The van der Waals surface area contributed by atoms with Crippen LogP contribution >= 0.6 is 0 Å². The Morgan fingerprint density at radius 1 is 0.667 bits per heavy atom. The molecule has 0 unspecified atom stereocenters. The number of ketones is 2. The van der Waals surface area contributed by atoms with Gasteiger partial charge in [0.25, 0.3) is 5.91 Å². The van der Waals surface area contributed by atoms with Crippen molar-refractivity contribution in [3.05, 3.63) is 137 Å². The van der Waals surface area contributed by atoms with Crippen LogP contribution < -0.4 is 5.32 Å². The van der Waals surface area contributed by atoms with E-state index in [2.05, 4.69) is 26.1 Å². The molecule has 0 saturated heterocycles. The van der Waals surface area contributed by atoms with Crippen LogP contribution in [0.4, 0.5) is 0 Å². The summed E-state index contributed by atoms with van der Waals surface area (Å²) in [5, 5.41) is 11.3. The maximum Gasteiger partial charge on any atom is 0.305 e. The van der Waals surface area contributed by atoms with Gasteiger partial charge in [-0.25, -0.2) is 0 Å². The third-order valence-electron chi connectivity index (χ3n) is 6.89. The normalized spacial score (nSPS) is 11.5. The number of carbonyl (C=O) groups is 4. The van der Waals surface area contributed by atoms with E-state index in [9.17, 15) is 19.2 Å². The maximum absolute atomic E-state index is 13.8. The molecule has 6 nitrogen and oxygen atoms in total. The van der Waals surface area contributed by atoms with Gasteiger partial charge in [0.15, 0.2) is 11.6 Å². The van der Waals surface area contributed by atoms with Crippen molar-refractivity contribution in [2.75, 3.05) is 6.54 Å². The van der Waals surface area contributed by atoms with E-state index >= 15 is 0 Å². The Morgan fingerprint density at radius 2 is 1.19 bits per heavy atom. The van der Waals surface area contributed by atoms with E-state index in [0.29, 0.717) is 22.3 Å². The molecular formula is C36H33NO5. The quantitative estimate of drug-likeness (QED) is 0.161. The average molecular weight is 560 g/mol. The minimum Gasteiger partial charge on any atom is -0.481 e. The zero-order chi connectivity index (χ0) is 30.3. The van der Waals surface area contributed by atoms with Gasteiger partial charge in [0.2, 0.25) is 0 Å². The number of aliphatic carboxylic acids is 1. The van der Waals surface area contributed by atoms with E-state index in [1.807, 2.05) is 66.7 Å². The molecule has 0 radical (unpaired) electrons. The highest BCUT2D eigenvalue weighted by Gasteiger charge is 2.19. The second-order valence-corrected chi connectivity index (χ2v) is 11.0. The Labute approximate surface area is 245 Å². The minimum atomic E-state index is -1.01. The molecule has 4 rings (SSSR count). The molecule has 0 saturated carbocycles. The second kappa shape index (κ2) is 13.0. The molecule has 0 bridgehead atoms. The van der Waals surface area contributed by atoms with Gasteiger partial charge in [-0.2, -0.15) is 0 Å². The number of nitrogens with one attached hydrogen (secondary N) is 1. The van der Waals surface area contributed by atoms with Crippen molar-refractivity contribution >= 4 is 29.0 Å². The third kappa shape index (κ3) is 7.55. The lowest BCUT2D eigenvalue weighted by Gasteiger charge is -2.18. The Hall–Kier alpha value is -5.10. The zero-order valence-electron chi connectivity index (χ0n) is 23.9. The second-order valence-electron chi connectivity index (χ2n) is 11.0. The first-order chi connectivity index (χ1) is 20.0. The predicted molar refractivity (Wildman–Crippen MR) is 165 cm³/mol. The molecule has 0 atom stereocenters. The number of carboxylic acids is 1. The lowest BCUT2D eigenvalue weighted by atomic mass is 9.86. The Morgan fingerprint density at radius 3 is 1.76 bits per heavy atom. The Balaban J connectivity index is 1.65. The number of allylic oxidation sites excluding steroid dienone is 2. The molecule has 0 spiro atoms. The van der Waals surface area contributed by atoms with Crippen molar-refractivity contribution in [3.63, 3.8) is 0 Å². The fourth-order valence-corrected chi connectivity index (χ4v) is 4.42. The number of benzene rings is 4. The average Bonchev–Trinajstić information content (AvgIpc) is 2.99. The predicted octanol–water partition coefficient (Wildman–Crippen LogP) is 7.00. The molecule has 0 aliphatic heterocycles. The standard InChI is InChI=1S/C36H33NO5/c1-36(2,3)30-19-17-27(18-20-30)32(38)23-31(26-11-9-25(10-12-26)24-7-5-4-6-8-24)34(41)28-13-15-29(16-14-28)35(42)37-22-21-33(39)40/h4-20,23H,21-22H2,1-3H3,(H,37,42)(H,39,40)/b31-23-. The smallest absolute Gasteiger partial charge is 0.305 e. The zero-order valence-corrected chi connectivity index (χ0v) is 23.9. The largest absolute Gasteiger partial charge is 0.481 e. The number of hydrogen-bond acceptors (Lipinski definition) is 4. The van der Waals surface area contributed by atoms with Crippen LogP contribution in [-0.4, -0.2) is 35.1 Å². The lowest BCUT2D eigenvalue weighted by Crippen LogP contribution is -2.26. The van der Waals surface area contributed by atoms with Crippen LogP contribution in [0.15, 0.2) is 109 Å². The molecular weight excluding hydrogens is 526 g/mol. The summed E-state index contributed by atoms with van der Waals surface area (Å²) in [6.07, 6.45) is 1.19. The highest BCUT2D eigenvalue weighted by Crippen LogP contribution is 2.27. The summed E-state index contributed by atoms with van der Waals surface area (Å²) < 4.78 is 0. The number of rotatable bonds is 10. The minimum absolute atomic E-state index is 0.000442. The molecule has 2 N–H and O–H groups in total. The summed E-state index contributed by atoms with van der Waals surface area (Å²) in [6, 6.07) is 30.8. The molecule has 0 aliphatic carbocycles. The highest BCUT2D eigenvalue weighted by molar-refractivity contribution is 6.32. The number of hydrogen-bond donors (Lipinski definition) is 2. The summed E-state index contributed by atoms with van der Waals surface area (Å²) >= 11 is 0. The first kappa shape index (κ1) is 29.9. The summed E-state index contributed by atoms with van der Waals surface area (Å²) in [6.45, 7) is 6.30. The van der Waals surface area contributed by atoms with E-state index in [0.717, 1.165) is 16.7 Å². The number of carboxylic acid groups (broad SMARTS) is 1. The number of amides is 1. The molecule has 0 aliphatic rings. The topological polar surface area (TPSA) is 101 Å². The summed E-state index contributed by atoms with van der Waals surface area (Å²) in [7, 11) is 0. The summed E-state index contributed by atoms with van der Waals surface area (Å²) in [5.74, 6) is -2.09. The van der Waals surface area contributed by atoms with E-state index in [1.54, 1.807) is 12.1 Å². The van der Waals surface area contributed by atoms with E-state index in [1.165, 1.54) is 30.3 Å². The van der Waals surface area contributed by atoms with Gasteiger partial charge in [0.05, 0.1) is 6.42 Å². The van der Waals surface area contributed by atoms with Crippen LogP contribution in [0.2, 0.25) is 0 Å². The summed E-state index contributed by atoms with van der Waals surface area (Å²) in [5.41, 5.74) is 4.97. The SMILES string of the molecule is CC(C)(C)c1ccc(C(=O)/C=C(\C(=O)c2ccc(C(=O)NCCC(=O)O)cc2)c2ccc(-c3ccccc3)cc2)cc1. The molecule has 0 heterocycles. The molecule has 6 heteroatoms. The molecule has 4 aromatic carbocycles. The van der Waals surface area contributed by atoms with E-state index < -0.39 is 11.9 Å². The number of Topliss-reactive ketones (excluding diaryl/α,β-unsaturated/α-hetero) is 1. The summed E-state index contributed by atoms with van der Waals surface area (Å²) in [4.78, 5) is 50.2. The molecule has 0 fully saturated rings. The molecule has 1 amide bonds. The Bertz CT molecular complexity index is 1610. The van der Waals surface area contributed by atoms with Crippen LogP contribution in [-0.2, 0) is 10.2 Å². The van der Waals surface area contributed by atoms with Gasteiger partial charge in [-0.15, -0.1) is 0 Å². The van der Waals surface area contributed by atoms with Crippen molar-refractivity contribution < 1.29 is 24.3 Å². The lowest BCUT2D eigenvalue weighted by molar-refractivity contribution is -0.136. The fraction of sp³-hybridized carbons (Fsp3) is 0.167. The van der Waals surface area contributed by atoms with Gasteiger partial charge < -0.3 is 10.4 Å². The van der Waals surface area contributed by atoms with Gasteiger partial charge in [-0.1, -0.05) is 112 Å². The van der Waals surface area contributed by atoms with Gasteiger partial charge >= 0.3 is 5.97 Å². The van der Waals surface area contributed by atoms with Gasteiger partial charge in [0.1, 0.15) is 0 Å². The fourth-order valence-electron chi connectivity index (χ4n) is 4.42. The maximum atomic E-state index is 13.8. The van der Waals surface area contributed by atoms with Crippen molar-refractivity contribution in [1.82, 2.24) is 5.32 Å². The van der Waals surface area contributed by atoms with Crippen molar-refractivity contribution in [2.24, 2.45) is 0 Å². The van der Waals surface area contributed by atoms with Crippen LogP contribution in [0.3, 0.4) is 0 Å². The molecule has 42 heavy (non-hydrogen) atoms. The first-order valence-corrected chi connectivity index (χ1v) is 13.7. The third-order valence-corrected chi connectivity index (χ3v) is 6.89. The van der Waals surface area contributed by atoms with Crippen LogP contribution in [0.5, 0.6) is 0 Å². The molecule has 0 aromatic heterocycles. The number of carbonyl (C=O) groups excluding carboxylic acids is 3.